The second-order valence-electron chi connectivity index (χ2n) is 10.3. The summed E-state index contributed by atoms with van der Waals surface area (Å²) in [6.45, 7) is 12.8. The van der Waals surface area contributed by atoms with E-state index in [1.165, 1.54) is 5.56 Å². The second-order valence-corrected chi connectivity index (χ2v) is 10.3. The molecule has 0 bridgehead atoms. The predicted molar refractivity (Wildman–Crippen MR) is 137 cm³/mol. The van der Waals surface area contributed by atoms with Crippen molar-refractivity contribution in [1.29, 1.82) is 0 Å². The number of nitrogens with two attached hydrogens (primary N) is 1. The summed E-state index contributed by atoms with van der Waals surface area (Å²) in [4.78, 5) is 12.2. The molecule has 2 aromatic heterocycles. The van der Waals surface area contributed by atoms with Gasteiger partial charge in [0.05, 0.1) is 11.0 Å². The van der Waals surface area contributed by atoms with Gasteiger partial charge in [-0.2, -0.15) is 0 Å². The van der Waals surface area contributed by atoms with E-state index < -0.39 is 0 Å². The summed E-state index contributed by atoms with van der Waals surface area (Å²) in [6.07, 6.45) is 5.27. The van der Waals surface area contributed by atoms with E-state index in [4.69, 9.17) is 15.7 Å². The number of nitrogens with one attached hydrogen (secondary N) is 1. The Bertz CT molecular complexity index is 1080. The average molecular weight is 453 g/mol. The van der Waals surface area contributed by atoms with Gasteiger partial charge in [-0.25, -0.2) is 9.97 Å². The van der Waals surface area contributed by atoms with Crippen LogP contribution in [0.4, 0.5) is 5.82 Å². The molecule has 0 saturated carbocycles. The Hall–Kier alpha value is -2.22. The number of piperazine rings is 1. The fourth-order valence-corrected chi connectivity index (χ4v) is 4.77. The molecule has 33 heavy (non-hydrogen) atoms. The van der Waals surface area contributed by atoms with Crippen molar-refractivity contribution in [2.24, 2.45) is 5.41 Å². The van der Waals surface area contributed by atoms with Crippen molar-refractivity contribution in [3.63, 3.8) is 0 Å². The molecule has 3 heterocycles. The number of aryl methyl sites for hydroxylation is 2. The maximum atomic E-state index is 9.94. The molecule has 1 aromatic carbocycles. The zero-order chi connectivity index (χ0) is 23.4. The standard InChI is InChI=1S/C26H40N6O/c1-4-5-8-22-30-23-24(32(22)17-26(2,3)18-33)20-10-9-19(16-21(20)29-25(23)27)7-6-13-31-14-11-28-12-15-31/h9-10,16,28,33H,4-8,11-15,17-18H2,1-3H3,(H2,27,29). The number of aromatic nitrogens is 3. The smallest absolute Gasteiger partial charge is 0.152 e. The molecule has 1 fully saturated rings. The molecule has 180 valence electrons. The van der Waals surface area contributed by atoms with Crippen LogP contribution in [0.1, 0.15) is 51.4 Å². The first kappa shape index (κ1) is 23.9. The van der Waals surface area contributed by atoms with Crippen molar-refractivity contribution in [1.82, 2.24) is 24.8 Å². The van der Waals surface area contributed by atoms with E-state index in [-0.39, 0.29) is 12.0 Å². The minimum atomic E-state index is -0.247. The summed E-state index contributed by atoms with van der Waals surface area (Å²) in [5.41, 5.74) is 10.3. The first-order chi connectivity index (χ1) is 15.9. The van der Waals surface area contributed by atoms with Gasteiger partial charge in [-0.1, -0.05) is 39.3 Å². The third kappa shape index (κ3) is 5.48. The molecule has 1 aliphatic rings. The van der Waals surface area contributed by atoms with Crippen LogP contribution in [0.25, 0.3) is 21.9 Å². The highest BCUT2D eigenvalue weighted by atomic mass is 16.3. The fraction of sp³-hybridized carbons (Fsp3) is 0.615. The Morgan fingerprint density at radius 3 is 2.64 bits per heavy atom. The summed E-state index contributed by atoms with van der Waals surface area (Å²) in [7, 11) is 0. The number of hydrogen-bond acceptors (Lipinski definition) is 6. The topological polar surface area (TPSA) is 92.2 Å². The SMILES string of the molecule is CCCCc1nc2c(N)nc3cc(CCCN4CCNCC4)ccc3c2n1CC(C)(C)CO. The molecule has 4 N–H and O–H groups in total. The third-order valence-electron chi connectivity index (χ3n) is 6.76. The van der Waals surface area contributed by atoms with Crippen LogP contribution < -0.4 is 11.1 Å². The number of nitrogens with zero attached hydrogens (tertiary/aromatic N) is 4. The number of benzene rings is 1. The number of anilines is 1. The van der Waals surface area contributed by atoms with Gasteiger partial charge in [0, 0.05) is 56.6 Å². The third-order valence-corrected chi connectivity index (χ3v) is 6.76. The lowest BCUT2D eigenvalue weighted by atomic mass is 9.94. The monoisotopic (exact) mass is 452 g/mol. The maximum Gasteiger partial charge on any atom is 0.152 e. The molecule has 0 unspecified atom stereocenters. The van der Waals surface area contributed by atoms with Gasteiger partial charge in [0.15, 0.2) is 5.82 Å². The molecule has 0 spiro atoms. The van der Waals surface area contributed by atoms with Gasteiger partial charge in [0.2, 0.25) is 0 Å². The van der Waals surface area contributed by atoms with Crippen molar-refractivity contribution in [3.05, 3.63) is 29.6 Å². The Balaban J connectivity index is 1.67. The minimum Gasteiger partial charge on any atom is -0.396 e. The molecule has 7 heteroatoms. The van der Waals surface area contributed by atoms with Gasteiger partial charge < -0.3 is 25.6 Å². The highest BCUT2D eigenvalue weighted by Crippen LogP contribution is 2.32. The molecule has 1 aliphatic heterocycles. The average Bonchev–Trinajstić information content (AvgIpc) is 3.16. The van der Waals surface area contributed by atoms with Crippen molar-refractivity contribution < 1.29 is 5.11 Å². The largest absolute Gasteiger partial charge is 0.396 e. The van der Waals surface area contributed by atoms with Crippen LogP contribution in [0.2, 0.25) is 0 Å². The van der Waals surface area contributed by atoms with Crippen LogP contribution in [-0.2, 0) is 19.4 Å². The van der Waals surface area contributed by atoms with Crippen LogP contribution in [-0.4, -0.2) is 63.9 Å². The predicted octanol–water partition coefficient (Wildman–Crippen LogP) is 3.37. The van der Waals surface area contributed by atoms with E-state index in [1.54, 1.807) is 0 Å². The molecule has 0 amide bonds. The van der Waals surface area contributed by atoms with E-state index in [2.05, 4.69) is 53.8 Å². The van der Waals surface area contributed by atoms with Crippen molar-refractivity contribution in [3.8, 4) is 0 Å². The number of unbranched alkanes of at least 4 members (excludes halogenated alkanes) is 1. The number of rotatable bonds is 10. The van der Waals surface area contributed by atoms with Crippen molar-refractivity contribution in [2.45, 2.75) is 59.4 Å². The van der Waals surface area contributed by atoms with Gasteiger partial charge in [-0.05, 0) is 37.4 Å². The summed E-state index contributed by atoms with van der Waals surface area (Å²) in [5, 5.41) is 14.4. The lowest BCUT2D eigenvalue weighted by molar-refractivity contribution is 0.141. The molecule has 1 saturated heterocycles. The zero-order valence-corrected chi connectivity index (χ0v) is 20.5. The van der Waals surface area contributed by atoms with Gasteiger partial charge in [-0.3, -0.25) is 0 Å². The minimum absolute atomic E-state index is 0.121. The second kappa shape index (κ2) is 10.4. The molecule has 0 aliphatic carbocycles. The van der Waals surface area contributed by atoms with Crippen LogP contribution in [0.15, 0.2) is 18.2 Å². The Morgan fingerprint density at radius 2 is 1.91 bits per heavy atom. The Kier molecular flexibility index (Phi) is 7.51. The van der Waals surface area contributed by atoms with Gasteiger partial charge in [-0.15, -0.1) is 0 Å². The van der Waals surface area contributed by atoms with Gasteiger partial charge >= 0.3 is 0 Å². The normalized spacial score (nSPS) is 15.6. The highest BCUT2D eigenvalue weighted by Gasteiger charge is 2.24. The first-order valence-electron chi connectivity index (χ1n) is 12.5. The molecular formula is C26H40N6O. The summed E-state index contributed by atoms with van der Waals surface area (Å²) < 4.78 is 2.28. The van der Waals surface area contributed by atoms with Gasteiger partial charge in [0.1, 0.15) is 11.3 Å². The molecule has 0 radical (unpaired) electrons. The quantitative estimate of drug-likeness (QED) is 0.437. The number of imidazole rings is 1. The molecular weight excluding hydrogens is 412 g/mol. The first-order valence-corrected chi connectivity index (χ1v) is 12.5. The Morgan fingerprint density at radius 1 is 1.12 bits per heavy atom. The van der Waals surface area contributed by atoms with E-state index in [0.717, 1.165) is 92.6 Å². The van der Waals surface area contributed by atoms with Crippen LogP contribution >= 0.6 is 0 Å². The van der Waals surface area contributed by atoms with Crippen molar-refractivity contribution in [2.75, 3.05) is 45.1 Å². The molecule has 3 aromatic rings. The summed E-state index contributed by atoms with van der Waals surface area (Å²) in [5.74, 6) is 1.53. The van der Waals surface area contributed by atoms with E-state index >= 15 is 0 Å². The van der Waals surface area contributed by atoms with Crippen LogP contribution in [0.3, 0.4) is 0 Å². The number of aliphatic hydroxyl groups excluding tert-OH is 1. The van der Waals surface area contributed by atoms with Crippen LogP contribution in [0, 0.1) is 5.41 Å². The van der Waals surface area contributed by atoms with Gasteiger partial charge in [0.25, 0.3) is 0 Å². The van der Waals surface area contributed by atoms with E-state index in [0.29, 0.717) is 12.4 Å². The fourth-order valence-electron chi connectivity index (χ4n) is 4.77. The number of hydrogen-bond donors (Lipinski definition) is 3. The molecule has 0 atom stereocenters. The number of aliphatic hydroxyl groups is 1. The highest BCUT2D eigenvalue weighted by molar-refractivity contribution is 6.06. The van der Waals surface area contributed by atoms with E-state index in [9.17, 15) is 5.11 Å². The maximum absolute atomic E-state index is 9.94. The lowest BCUT2D eigenvalue weighted by Gasteiger charge is -2.27. The van der Waals surface area contributed by atoms with E-state index in [1.807, 2.05) is 0 Å². The zero-order valence-electron chi connectivity index (χ0n) is 20.5. The number of nitrogen functional groups attached to an aromatic ring is 1. The number of pyridine rings is 1. The molecule has 4 rings (SSSR count). The van der Waals surface area contributed by atoms with Crippen molar-refractivity contribution >= 4 is 27.8 Å². The summed E-state index contributed by atoms with van der Waals surface area (Å²) >= 11 is 0. The Labute approximate surface area is 197 Å². The lowest BCUT2D eigenvalue weighted by Crippen LogP contribution is -2.43. The molecule has 7 nitrogen and oxygen atoms in total. The summed E-state index contributed by atoms with van der Waals surface area (Å²) in [6, 6.07) is 6.62. The number of fused-ring (bicyclic) bond motifs is 3. The van der Waals surface area contributed by atoms with Crippen LogP contribution in [0.5, 0.6) is 0 Å².